The number of carbonyl (C=O) groups excluding carboxylic acids is 1. The Kier molecular flexibility index (Phi) is 2.06. The lowest BCUT2D eigenvalue weighted by atomic mass is 11.5. The van der Waals surface area contributed by atoms with Gasteiger partial charge in [-0.2, -0.15) is 0 Å². The van der Waals surface area contributed by atoms with Gasteiger partial charge in [-0.15, -0.1) is 0 Å². The minimum absolute atomic E-state index is 0.269. The average molecular weight is 93.0 g/mol. The summed E-state index contributed by atoms with van der Waals surface area (Å²) in [4.78, 5) is 9.52. The van der Waals surface area contributed by atoms with E-state index in [2.05, 4.69) is 0 Å². The van der Waals surface area contributed by atoms with E-state index >= 15 is 0 Å². The molecule has 5 heavy (non-hydrogen) atoms. The van der Waals surface area contributed by atoms with Gasteiger partial charge in [0.15, 0.2) is 0 Å². The molecule has 0 aliphatic carbocycles. The molecule has 0 saturated heterocycles. The van der Waals surface area contributed by atoms with Crippen molar-refractivity contribution in [2.45, 2.75) is 0 Å². The molecule has 1 amide bonds. The third kappa shape index (κ3) is 3.86. The van der Waals surface area contributed by atoms with Gasteiger partial charge in [0, 0.05) is 0 Å². The van der Waals surface area contributed by atoms with E-state index in [9.17, 15) is 0 Å². The van der Waals surface area contributed by atoms with Gasteiger partial charge in [-0.1, -0.05) is 0 Å². The first-order chi connectivity index (χ1) is 2.27. The summed E-state index contributed by atoms with van der Waals surface area (Å²) in [5, 5.41) is 7.79. The molecule has 30 valence electrons. The van der Waals surface area contributed by atoms with E-state index < -0.39 is 0 Å². The minimum Gasteiger partial charge on any atom is -0.283 e. The molecule has 0 aromatic carbocycles. The fraction of sp³-hybridized carbons (Fsp3) is 0. The Bertz CT molecular complexity index is 36.6. The minimum atomic E-state index is 0.269. The standard InChI is InChI=1S/CH4NO2P/c3-1-2(4)5/h1,4H,5H2. The molecule has 0 aromatic rings. The van der Waals surface area contributed by atoms with Crippen molar-refractivity contribution in [1.82, 2.24) is 4.83 Å². The lowest BCUT2D eigenvalue weighted by molar-refractivity contribution is -0.130. The molecule has 0 saturated carbocycles. The van der Waals surface area contributed by atoms with E-state index in [1.807, 2.05) is 0 Å². The number of rotatable bonds is 1. The van der Waals surface area contributed by atoms with Crippen LogP contribution in [0.4, 0.5) is 0 Å². The predicted octanol–water partition coefficient (Wildman–Crippen LogP) is -0.376. The maximum atomic E-state index is 9.16. The topological polar surface area (TPSA) is 40.5 Å². The van der Waals surface area contributed by atoms with Gasteiger partial charge in [-0.25, -0.2) is 4.83 Å². The number of nitrogens with zero attached hydrogens (tertiary/aromatic N) is 1. The molecule has 0 heterocycles. The van der Waals surface area contributed by atoms with Crippen LogP contribution in [0, 0.1) is 0 Å². The van der Waals surface area contributed by atoms with Gasteiger partial charge >= 0.3 is 0 Å². The maximum absolute atomic E-state index is 9.16. The summed E-state index contributed by atoms with van der Waals surface area (Å²) in [6.45, 7) is 0. The molecule has 0 aromatic heterocycles. The van der Waals surface area contributed by atoms with Crippen LogP contribution in [0.25, 0.3) is 0 Å². The predicted molar refractivity (Wildman–Crippen MR) is 19.4 cm³/mol. The molecule has 0 bridgehead atoms. The maximum Gasteiger partial charge on any atom is 0.235 e. The van der Waals surface area contributed by atoms with Crippen LogP contribution in [0.2, 0.25) is 0 Å². The molecule has 1 unspecified atom stereocenters. The van der Waals surface area contributed by atoms with Crippen LogP contribution >= 0.6 is 9.39 Å². The smallest absolute Gasteiger partial charge is 0.235 e. The summed E-state index contributed by atoms with van der Waals surface area (Å²) in [6, 6.07) is 0. The van der Waals surface area contributed by atoms with E-state index in [0.717, 1.165) is 0 Å². The lowest BCUT2D eigenvalue weighted by Crippen LogP contribution is -1.97. The van der Waals surface area contributed by atoms with Gasteiger partial charge < -0.3 is 0 Å². The van der Waals surface area contributed by atoms with E-state index in [0.29, 0.717) is 4.83 Å². The molecule has 1 atom stereocenters. The van der Waals surface area contributed by atoms with Gasteiger partial charge in [0.1, 0.15) is 0 Å². The molecule has 0 rings (SSSR count). The third-order valence-corrected chi connectivity index (χ3v) is 0.230. The molecule has 0 aliphatic heterocycles. The molecular weight excluding hydrogens is 89.0 g/mol. The zero-order valence-electron chi connectivity index (χ0n) is 2.46. The van der Waals surface area contributed by atoms with Gasteiger partial charge in [0.25, 0.3) is 0 Å². The highest BCUT2D eigenvalue weighted by Crippen LogP contribution is 1.79. The van der Waals surface area contributed by atoms with Crippen LogP contribution in [0.1, 0.15) is 0 Å². The Morgan fingerprint density at radius 3 is 2.20 bits per heavy atom. The van der Waals surface area contributed by atoms with E-state index in [4.69, 9.17) is 10.0 Å². The van der Waals surface area contributed by atoms with Crippen molar-refractivity contribution in [2.24, 2.45) is 0 Å². The molecule has 0 fully saturated rings. The Labute approximate surface area is 31.8 Å². The largest absolute Gasteiger partial charge is 0.283 e. The van der Waals surface area contributed by atoms with Crippen molar-refractivity contribution in [3.8, 4) is 0 Å². The normalized spacial score (nSPS) is 6.80. The molecule has 3 nitrogen and oxygen atoms in total. The van der Waals surface area contributed by atoms with Crippen LogP contribution in [0.5, 0.6) is 0 Å². The molecule has 0 radical (unpaired) electrons. The van der Waals surface area contributed by atoms with E-state index in [1.54, 1.807) is 9.39 Å². The van der Waals surface area contributed by atoms with Crippen molar-refractivity contribution >= 4 is 15.8 Å². The summed E-state index contributed by atoms with van der Waals surface area (Å²) < 4.78 is 0. The van der Waals surface area contributed by atoms with Crippen LogP contribution < -0.4 is 0 Å². The first-order valence-electron chi connectivity index (χ1n) is 0.952. The first-order valence-corrected chi connectivity index (χ1v) is 1.47. The number of amides is 1. The molecule has 0 spiro atoms. The summed E-state index contributed by atoms with van der Waals surface area (Å²) in [5.41, 5.74) is 0. The van der Waals surface area contributed by atoms with Crippen LogP contribution in [-0.2, 0) is 4.79 Å². The van der Waals surface area contributed by atoms with Crippen molar-refractivity contribution < 1.29 is 10.0 Å². The second-order valence-electron chi connectivity index (χ2n) is 0.485. The zero-order valence-corrected chi connectivity index (χ0v) is 3.61. The van der Waals surface area contributed by atoms with Crippen molar-refractivity contribution in [2.75, 3.05) is 0 Å². The molecule has 0 aliphatic rings. The molecular formula is CH4NO2P. The average Bonchev–Trinajstić information content (AvgIpc) is 1.38. The summed E-state index contributed by atoms with van der Waals surface area (Å²) in [7, 11) is 1.75. The van der Waals surface area contributed by atoms with E-state index in [1.165, 1.54) is 0 Å². The van der Waals surface area contributed by atoms with E-state index in [-0.39, 0.29) is 6.41 Å². The number of hydrogen-bond acceptors (Lipinski definition) is 2. The fourth-order valence-corrected chi connectivity index (χ4v) is 0. The lowest BCUT2D eigenvalue weighted by Gasteiger charge is -1.90. The Morgan fingerprint density at radius 1 is 2.00 bits per heavy atom. The Balaban J connectivity index is 2.83. The van der Waals surface area contributed by atoms with Crippen LogP contribution in [-0.4, -0.2) is 16.5 Å². The van der Waals surface area contributed by atoms with Crippen LogP contribution in [0.3, 0.4) is 0 Å². The highest BCUT2D eigenvalue weighted by molar-refractivity contribution is 7.14. The molecule has 4 heteroatoms. The van der Waals surface area contributed by atoms with Crippen molar-refractivity contribution in [3.63, 3.8) is 0 Å². The van der Waals surface area contributed by atoms with Gasteiger partial charge in [-0.3, -0.25) is 10.0 Å². The Hall–Kier alpha value is -0.140. The Morgan fingerprint density at radius 2 is 2.20 bits per heavy atom. The highest BCUT2D eigenvalue weighted by Gasteiger charge is 1.70. The van der Waals surface area contributed by atoms with Gasteiger partial charge in [0.05, 0.1) is 0 Å². The van der Waals surface area contributed by atoms with Crippen molar-refractivity contribution in [3.05, 3.63) is 0 Å². The van der Waals surface area contributed by atoms with Crippen LogP contribution in [0.15, 0.2) is 0 Å². The number of hydroxylamine groups is 1. The first kappa shape index (κ1) is 4.86. The second kappa shape index (κ2) is 2.12. The zero-order chi connectivity index (χ0) is 4.28. The SMILES string of the molecule is O=CN(O)P. The second-order valence-corrected chi connectivity index (χ2v) is 1.01. The monoisotopic (exact) mass is 93.0 g/mol. The third-order valence-electron chi connectivity index (χ3n) is 0.108. The number of carbonyl (C=O) groups is 1. The fourth-order valence-electron chi connectivity index (χ4n) is 0. The quantitative estimate of drug-likeness (QED) is 0.208. The number of hydrogen-bond donors (Lipinski definition) is 1. The van der Waals surface area contributed by atoms with Gasteiger partial charge in [0.2, 0.25) is 6.41 Å². The summed E-state index contributed by atoms with van der Waals surface area (Å²) in [6.07, 6.45) is 0.269. The highest BCUT2D eigenvalue weighted by atomic mass is 31.0. The van der Waals surface area contributed by atoms with Crippen molar-refractivity contribution in [1.29, 1.82) is 0 Å². The summed E-state index contributed by atoms with van der Waals surface area (Å²) in [5.74, 6) is 0. The van der Waals surface area contributed by atoms with Gasteiger partial charge in [-0.05, 0) is 9.39 Å². The summed E-state index contributed by atoms with van der Waals surface area (Å²) >= 11 is 0. The molecule has 1 N–H and O–H groups in total.